The van der Waals surface area contributed by atoms with Crippen molar-refractivity contribution in [2.75, 3.05) is 25.0 Å². The molecule has 1 aromatic carbocycles. The van der Waals surface area contributed by atoms with Crippen molar-refractivity contribution in [3.8, 4) is 11.1 Å². The SMILES string of the molecule is C=CCOCc1ccc(Br)nc1NC(=O)[C@@H]1C[C@](F)(CNC(=O)C(C)(C)C)CN1C(=O)Cn1nc(C(C)=O)c2cc(-c3cnc(C)nc3)ccc21. The molecule has 5 rings (SSSR count). The summed E-state index contributed by atoms with van der Waals surface area (Å²) in [4.78, 5) is 67.4. The highest BCUT2D eigenvalue weighted by molar-refractivity contribution is 9.10. The van der Waals surface area contributed by atoms with Crippen LogP contribution in [0.5, 0.6) is 0 Å². The molecular weight excluding hydrogens is 723 g/mol. The highest BCUT2D eigenvalue weighted by atomic mass is 79.9. The number of benzene rings is 1. The van der Waals surface area contributed by atoms with Crippen LogP contribution in [0.2, 0.25) is 0 Å². The summed E-state index contributed by atoms with van der Waals surface area (Å²) < 4.78 is 24.0. The van der Waals surface area contributed by atoms with Crippen LogP contribution in [-0.2, 0) is 32.3 Å². The Morgan fingerprint density at radius 1 is 1.14 bits per heavy atom. The molecule has 1 aliphatic heterocycles. The number of ketones is 1. The van der Waals surface area contributed by atoms with Gasteiger partial charge in [0.2, 0.25) is 17.7 Å². The zero-order valence-electron chi connectivity index (χ0n) is 29.1. The summed E-state index contributed by atoms with van der Waals surface area (Å²) in [7, 11) is 0. The number of likely N-dealkylation sites (tertiary alicyclic amines) is 1. The minimum atomic E-state index is -2.12. The third-order valence-corrected chi connectivity index (χ3v) is 8.86. The standard InChI is InChI=1S/C36H40BrFN8O5/c1-7-12-51-18-24-9-11-29(37)42-32(24)43-33(49)28-14-36(38,19-41-34(50)35(4,5)6)20-45(28)30(48)17-46-27-10-8-23(25-15-39-22(3)40-16-25)13-26(27)31(44-46)21(2)47/h7-11,13,15-16,28H,1,12,14,17-20H2,2-6H3,(H,41,50)(H,42,43,49)/t28-,36-/m0/s1. The molecule has 0 radical (unpaired) electrons. The summed E-state index contributed by atoms with van der Waals surface area (Å²) >= 11 is 3.32. The number of pyridine rings is 1. The number of aromatic nitrogens is 5. The van der Waals surface area contributed by atoms with Gasteiger partial charge in [-0.25, -0.2) is 19.3 Å². The average Bonchev–Trinajstić information content (AvgIpc) is 3.62. The number of aryl methyl sites for hydroxylation is 1. The molecule has 15 heteroatoms. The highest BCUT2D eigenvalue weighted by Gasteiger charge is 2.50. The minimum Gasteiger partial charge on any atom is -0.373 e. The second-order valence-electron chi connectivity index (χ2n) is 13.6. The Hall–Kier alpha value is -4.89. The lowest BCUT2D eigenvalue weighted by Crippen LogP contribution is -2.46. The van der Waals surface area contributed by atoms with Crippen LogP contribution in [0, 0.1) is 12.3 Å². The summed E-state index contributed by atoms with van der Waals surface area (Å²) in [5.74, 6) is -1.16. The number of amides is 3. The van der Waals surface area contributed by atoms with Crippen LogP contribution in [0.15, 0.2) is 60.0 Å². The molecule has 3 aromatic heterocycles. The van der Waals surface area contributed by atoms with Gasteiger partial charge >= 0.3 is 0 Å². The van der Waals surface area contributed by atoms with Crippen LogP contribution in [-0.4, -0.2) is 84.5 Å². The van der Waals surface area contributed by atoms with Crippen molar-refractivity contribution in [2.45, 2.75) is 65.9 Å². The molecule has 4 heterocycles. The summed E-state index contributed by atoms with van der Waals surface area (Å²) in [5, 5.41) is 10.4. The van der Waals surface area contributed by atoms with Gasteiger partial charge in [0, 0.05) is 47.7 Å². The Morgan fingerprint density at radius 2 is 1.86 bits per heavy atom. The van der Waals surface area contributed by atoms with Crippen LogP contribution >= 0.6 is 15.9 Å². The molecule has 0 spiro atoms. The Labute approximate surface area is 303 Å². The topological polar surface area (TPSA) is 161 Å². The van der Waals surface area contributed by atoms with E-state index in [1.807, 2.05) is 0 Å². The van der Waals surface area contributed by atoms with Crippen LogP contribution < -0.4 is 10.6 Å². The lowest BCUT2D eigenvalue weighted by atomic mass is 9.94. The second-order valence-corrected chi connectivity index (χ2v) is 14.4. The number of Topliss-reactive ketones (excluding diaryl/α,β-unsaturated/α-hetero) is 1. The molecule has 0 saturated carbocycles. The van der Waals surface area contributed by atoms with Crippen LogP contribution in [0.4, 0.5) is 10.2 Å². The van der Waals surface area contributed by atoms with Crippen molar-refractivity contribution >= 4 is 56.2 Å². The molecule has 51 heavy (non-hydrogen) atoms. The van der Waals surface area contributed by atoms with Gasteiger partial charge in [0.15, 0.2) is 5.78 Å². The first-order valence-electron chi connectivity index (χ1n) is 16.3. The summed E-state index contributed by atoms with van der Waals surface area (Å²) in [6.45, 7) is 11.0. The number of rotatable bonds is 12. The van der Waals surface area contributed by atoms with E-state index in [0.717, 1.165) is 16.0 Å². The number of nitrogens with zero attached hydrogens (tertiary/aromatic N) is 6. The van der Waals surface area contributed by atoms with Gasteiger partial charge in [0.25, 0.3) is 0 Å². The Balaban J connectivity index is 1.45. The van der Waals surface area contributed by atoms with Crippen molar-refractivity contribution in [1.29, 1.82) is 0 Å². The number of anilines is 1. The van der Waals surface area contributed by atoms with Crippen LogP contribution in [0.25, 0.3) is 22.0 Å². The fourth-order valence-corrected chi connectivity index (χ4v) is 6.02. The quantitative estimate of drug-likeness (QED) is 0.0879. The van der Waals surface area contributed by atoms with E-state index in [0.29, 0.717) is 26.9 Å². The predicted molar refractivity (Wildman–Crippen MR) is 192 cm³/mol. The van der Waals surface area contributed by atoms with E-state index in [1.165, 1.54) is 11.6 Å². The smallest absolute Gasteiger partial charge is 0.248 e. The van der Waals surface area contributed by atoms with Crippen LogP contribution in [0.1, 0.15) is 56.0 Å². The fourth-order valence-electron chi connectivity index (χ4n) is 5.71. The van der Waals surface area contributed by atoms with Crippen molar-refractivity contribution in [3.05, 3.63) is 77.1 Å². The molecule has 1 saturated heterocycles. The van der Waals surface area contributed by atoms with Gasteiger partial charge in [-0.2, -0.15) is 5.10 Å². The average molecular weight is 764 g/mol. The molecule has 4 aromatic rings. The van der Waals surface area contributed by atoms with Gasteiger partial charge in [-0.1, -0.05) is 39.0 Å². The molecule has 2 atom stereocenters. The van der Waals surface area contributed by atoms with Gasteiger partial charge in [-0.3, -0.25) is 23.9 Å². The summed E-state index contributed by atoms with van der Waals surface area (Å²) in [5.41, 5.74) is -0.204. The molecule has 1 fully saturated rings. The summed E-state index contributed by atoms with van der Waals surface area (Å²) in [6.07, 6.45) is 4.56. The van der Waals surface area contributed by atoms with Crippen molar-refractivity contribution < 1.29 is 28.3 Å². The van der Waals surface area contributed by atoms with E-state index in [4.69, 9.17) is 4.74 Å². The first-order chi connectivity index (χ1) is 24.1. The van der Waals surface area contributed by atoms with Crippen molar-refractivity contribution in [1.82, 2.24) is 34.9 Å². The number of hydrogen-bond donors (Lipinski definition) is 2. The molecule has 0 bridgehead atoms. The molecule has 0 aliphatic carbocycles. The molecule has 13 nitrogen and oxygen atoms in total. The van der Waals surface area contributed by atoms with E-state index in [9.17, 15) is 19.2 Å². The number of ether oxygens (including phenoxy) is 1. The van der Waals surface area contributed by atoms with E-state index in [-0.39, 0.29) is 49.4 Å². The maximum atomic E-state index is 16.6. The molecule has 2 N–H and O–H groups in total. The van der Waals surface area contributed by atoms with Gasteiger partial charge in [0.05, 0.1) is 31.8 Å². The third kappa shape index (κ3) is 8.71. The lowest BCUT2D eigenvalue weighted by molar-refractivity contribution is -0.137. The highest BCUT2D eigenvalue weighted by Crippen LogP contribution is 2.33. The first-order valence-corrected chi connectivity index (χ1v) is 17.1. The Bertz CT molecular complexity index is 1990. The summed E-state index contributed by atoms with van der Waals surface area (Å²) in [6, 6.07) is 7.48. The zero-order chi connectivity index (χ0) is 37.1. The Morgan fingerprint density at radius 3 is 2.53 bits per heavy atom. The van der Waals surface area contributed by atoms with E-state index < -0.39 is 42.0 Å². The molecular formula is C36H40BrFN8O5. The second kappa shape index (κ2) is 15.2. The number of halogens is 2. The normalized spacial score (nSPS) is 17.4. The fraction of sp³-hybridized carbons (Fsp3) is 0.389. The van der Waals surface area contributed by atoms with E-state index in [2.05, 4.69) is 53.2 Å². The number of hydrogen-bond acceptors (Lipinski definition) is 9. The van der Waals surface area contributed by atoms with Crippen molar-refractivity contribution in [3.63, 3.8) is 0 Å². The monoisotopic (exact) mass is 762 g/mol. The number of nitrogens with one attached hydrogen (secondary N) is 2. The zero-order valence-corrected chi connectivity index (χ0v) is 30.7. The Kier molecular flexibility index (Phi) is 11.1. The number of carbonyl (C=O) groups excluding carboxylic acids is 4. The third-order valence-electron chi connectivity index (χ3n) is 8.42. The van der Waals surface area contributed by atoms with Gasteiger partial charge in [0.1, 0.15) is 40.2 Å². The first kappa shape index (κ1) is 37.4. The van der Waals surface area contributed by atoms with E-state index in [1.54, 1.807) is 76.5 Å². The number of carbonyl (C=O) groups is 4. The molecule has 268 valence electrons. The largest absolute Gasteiger partial charge is 0.373 e. The predicted octanol–water partition coefficient (Wildman–Crippen LogP) is 4.97. The minimum absolute atomic E-state index is 0.116. The number of alkyl halides is 1. The maximum Gasteiger partial charge on any atom is 0.248 e. The maximum absolute atomic E-state index is 16.6. The van der Waals surface area contributed by atoms with E-state index >= 15 is 4.39 Å². The van der Waals surface area contributed by atoms with Crippen LogP contribution in [0.3, 0.4) is 0 Å². The van der Waals surface area contributed by atoms with Gasteiger partial charge in [-0.15, -0.1) is 6.58 Å². The molecule has 0 unspecified atom stereocenters. The lowest BCUT2D eigenvalue weighted by Gasteiger charge is -2.25. The van der Waals surface area contributed by atoms with Gasteiger partial charge < -0.3 is 20.3 Å². The van der Waals surface area contributed by atoms with Crippen molar-refractivity contribution in [2.24, 2.45) is 5.41 Å². The number of fused-ring (bicyclic) bond motifs is 1. The molecule has 3 amide bonds. The van der Waals surface area contributed by atoms with Gasteiger partial charge in [-0.05, 0) is 46.6 Å². The molecule has 1 aliphatic rings.